The van der Waals surface area contributed by atoms with Crippen LogP contribution in [0.4, 0.5) is 0 Å². The molecule has 0 fully saturated rings. The van der Waals surface area contributed by atoms with Gasteiger partial charge in [0, 0.05) is 13.5 Å². The first-order valence-electron chi connectivity index (χ1n) is 11.8. The van der Waals surface area contributed by atoms with Gasteiger partial charge in [-0.25, -0.2) is 0 Å². The van der Waals surface area contributed by atoms with E-state index in [-0.39, 0.29) is 5.97 Å². The third-order valence-corrected chi connectivity index (χ3v) is 4.90. The number of rotatable bonds is 22. The molecule has 0 aliphatic heterocycles. The Hall–Kier alpha value is -1.83. The maximum Gasteiger partial charge on any atom is 0.305 e. The summed E-state index contributed by atoms with van der Waals surface area (Å²) in [6, 6.07) is 7.69. The van der Waals surface area contributed by atoms with Gasteiger partial charge in [-0.2, -0.15) is 0 Å². The molecule has 184 valence electrons. The van der Waals surface area contributed by atoms with E-state index in [2.05, 4.69) is 0 Å². The van der Waals surface area contributed by atoms with Crippen molar-refractivity contribution in [2.24, 2.45) is 0 Å². The molecule has 0 bridgehead atoms. The fraction of sp³-hybridized carbons (Fsp3) is 0.720. The second kappa shape index (κ2) is 21.0. The van der Waals surface area contributed by atoms with Crippen molar-refractivity contribution in [1.29, 1.82) is 0 Å². The number of carbonyl (C=O) groups excluding carboxylic acids is 1. The van der Waals surface area contributed by atoms with Crippen LogP contribution in [-0.2, 0) is 23.7 Å². The van der Waals surface area contributed by atoms with Crippen molar-refractivity contribution in [3.8, 4) is 11.5 Å². The van der Waals surface area contributed by atoms with Crippen LogP contribution in [0.5, 0.6) is 11.5 Å². The Bertz CT molecular complexity index is 548. The fourth-order valence-electron chi connectivity index (χ4n) is 3.04. The largest absolute Gasteiger partial charge is 0.497 e. The van der Waals surface area contributed by atoms with E-state index >= 15 is 0 Å². The molecule has 1 rings (SSSR count). The summed E-state index contributed by atoms with van der Waals surface area (Å²) in [4.78, 5) is 11.7. The standard InChI is InChI=1S/C25H42O7/c1-27-17-18-29-19-20-30-21-22-32-25(26)11-9-7-5-3-4-6-8-10-16-31-24-14-12-23(28-2)13-15-24/h12-15H,3-11,16-22H2,1-2H3. The van der Waals surface area contributed by atoms with Gasteiger partial charge in [0.15, 0.2) is 0 Å². The Balaban J connectivity index is 1.78. The van der Waals surface area contributed by atoms with Crippen LogP contribution in [0, 0.1) is 0 Å². The topological polar surface area (TPSA) is 72.5 Å². The van der Waals surface area contributed by atoms with Crippen LogP contribution in [0.3, 0.4) is 0 Å². The Kier molecular flexibility index (Phi) is 18.5. The van der Waals surface area contributed by atoms with Crippen molar-refractivity contribution in [3.05, 3.63) is 24.3 Å². The van der Waals surface area contributed by atoms with Gasteiger partial charge in [-0.3, -0.25) is 4.79 Å². The lowest BCUT2D eigenvalue weighted by molar-refractivity contribution is -0.145. The third kappa shape index (κ3) is 16.8. The molecule has 0 aliphatic carbocycles. The maximum absolute atomic E-state index is 11.7. The normalized spacial score (nSPS) is 10.8. The van der Waals surface area contributed by atoms with Gasteiger partial charge in [-0.05, 0) is 37.1 Å². The van der Waals surface area contributed by atoms with E-state index in [1.165, 1.54) is 32.1 Å². The van der Waals surface area contributed by atoms with Crippen LogP contribution in [0.25, 0.3) is 0 Å². The third-order valence-electron chi connectivity index (χ3n) is 4.90. The molecule has 7 nitrogen and oxygen atoms in total. The molecule has 0 radical (unpaired) electrons. The second-order valence-electron chi connectivity index (χ2n) is 7.54. The number of ether oxygens (including phenoxy) is 6. The monoisotopic (exact) mass is 454 g/mol. The quantitative estimate of drug-likeness (QED) is 0.184. The highest BCUT2D eigenvalue weighted by Gasteiger charge is 2.03. The minimum atomic E-state index is -0.137. The Morgan fingerprint density at radius 3 is 1.78 bits per heavy atom. The van der Waals surface area contributed by atoms with E-state index in [0.29, 0.717) is 46.1 Å². The fourth-order valence-corrected chi connectivity index (χ4v) is 3.04. The van der Waals surface area contributed by atoms with Crippen LogP contribution in [0.1, 0.15) is 57.8 Å². The van der Waals surface area contributed by atoms with Crippen LogP contribution < -0.4 is 9.47 Å². The summed E-state index contributed by atoms with van der Waals surface area (Å²) < 4.78 is 31.5. The number of methoxy groups -OCH3 is 2. The summed E-state index contributed by atoms with van der Waals surface area (Å²) in [7, 11) is 3.30. The smallest absolute Gasteiger partial charge is 0.305 e. The van der Waals surface area contributed by atoms with E-state index < -0.39 is 0 Å². The highest BCUT2D eigenvalue weighted by molar-refractivity contribution is 5.69. The minimum Gasteiger partial charge on any atom is -0.497 e. The summed E-state index contributed by atoms with van der Waals surface area (Å²) in [5.74, 6) is 1.59. The molecule has 0 atom stereocenters. The van der Waals surface area contributed by atoms with Gasteiger partial charge >= 0.3 is 5.97 Å². The lowest BCUT2D eigenvalue weighted by atomic mass is 10.1. The van der Waals surface area contributed by atoms with Crippen molar-refractivity contribution in [2.45, 2.75) is 57.8 Å². The number of unbranched alkanes of at least 4 members (excludes halogenated alkanes) is 7. The zero-order valence-electron chi connectivity index (χ0n) is 20.0. The average molecular weight is 455 g/mol. The Morgan fingerprint density at radius 2 is 1.16 bits per heavy atom. The summed E-state index contributed by atoms with van der Waals surface area (Å²) in [5, 5.41) is 0. The molecule has 1 aromatic carbocycles. The van der Waals surface area contributed by atoms with Crippen molar-refractivity contribution in [3.63, 3.8) is 0 Å². The highest BCUT2D eigenvalue weighted by atomic mass is 16.6. The lowest BCUT2D eigenvalue weighted by Crippen LogP contribution is -2.13. The maximum atomic E-state index is 11.7. The molecule has 0 aliphatic rings. The van der Waals surface area contributed by atoms with Gasteiger partial charge < -0.3 is 28.4 Å². The first-order valence-corrected chi connectivity index (χ1v) is 11.8. The van der Waals surface area contributed by atoms with Gasteiger partial charge in [0.2, 0.25) is 0 Å². The van der Waals surface area contributed by atoms with Gasteiger partial charge in [0.1, 0.15) is 18.1 Å². The minimum absolute atomic E-state index is 0.137. The molecule has 1 aromatic rings. The molecule has 0 aromatic heterocycles. The van der Waals surface area contributed by atoms with Crippen molar-refractivity contribution in [2.75, 3.05) is 60.5 Å². The molecular weight excluding hydrogens is 412 g/mol. The lowest BCUT2D eigenvalue weighted by Gasteiger charge is -2.07. The molecule has 0 spiro atoms. The van der Waals surface area contributed by atoms with Crippen LogP contribution in [0.2, 0.25) is 0 Å². The van der Waals surface area contributed by atoms with Crippen LogP contribution >= 0.6 is 0 Å². The van der Waals surface area contributed by atoms with Crippen LogP contribution in [0.15, 0.2) is 24.3 Å². The van der Waals surface area contributed by atoms with Crippen molar-refractivity contribution < 1.29 is 33.2 Å². The SMILES string of the molecule is COCCOCCOCCOC(=O)CCCCCCCCCCOc1ccc(OC)cc1. The Morgan fingerprint density at radius 1 is 0.625 bits per heavy atom. The van der Waals surface area contributed by atoms with E-state index in [0.717, 1.165) is 37.4 Å². The molecule has 7 heteroatoms. The summed E-state index contributed by atoms with van der Waals surface area (Å²) in [6.45, 7) is 3.63. The first-order chi connectivity index (χ1) is 15.8. The number of hydrogen-bond donors (Lipinski definition) is 0. The Labute approximate surface area is 193 Å². The molecule has 0 saturated heterocycles. The molecule has 32 heavy (non-hydrogen) atoms. The number of hydrogen-bond acceptors (Lipinski definition) is 7. The molecule has 0 heterocycles. The second-order valence-corrected chi connectivity index (χ2v) is 7.54. The van der Waals surface area contributed by atoms with Gasteiger partial charge in [-0.1, -0.05) is 38.5 Å². The molecule has 0 N–H and O–H groups in total. The van der Waals surface area contributed by atoms with E-state index in [4.69, 9.17) is 28.4 Å². The summed E-state index contributed by atoms with van der Waals surface area (Å²) >= 11 is 0. The molecule has 0 amide bonds. The van der Waals surface area contributed by atoms with Gasteiger partial charge in [0.05, 0.1) is 46.8 Å². The number of benzene rings is 1. The molecular formula is C25H42O7. The first kappa shape index (κ1) is 28.2. The number of esters is 1. The van der Waals surface area contributed by atoms with E-state index in [9.17, 15) is 4.79 Å². The van der Waals surface area contributed by atoms with E-state index in [1.807, 2.05) is 24.3 Å². The van der Waals surface area contributed by atoms with E-state index in [1.54, 1.807) is 14.2 Å². The summed E-state index contributed by atoms with van der Waals surface area (Å²) in [5.41, 5.74) is 0. The predicted octanol–water partition coefficient (Wildman–Crippen LogP) is 4.81. The van der Waals surface area contributed by atoms with Crippen molar-refractivity contribution >= 4 is 5.97 Å². The van der Waals surface area contributed by atoms with Gasteiger partial charge in [0.25, 0.3) is 0 Å². The van der Waals surface area contributed by atoms with Gasteiger partial charge in [-0.15, -0.1) is 0 Å². The average Bonchev–Trinajstić information content (AvgIpc) is 2.81. The predicted molar refractivity (Wildman–Crippen MR) is 125 cm³/mol. The number of carbonyl (C=O) groups is 1. The molecule has 0 unspecified atom stereocenters. The molecule has 0 saturated carbocycles. The zero-order valence-corrected chi connectivity index (χ0v) is 20.0. The highest BCUT2D eigenvalue weighted by Crippen LogP contribution is 2.17. The van der Waals surface area contributed by atoms with Crippen molar-refractivity contribution in [1.82, 2.24) is 0 Å². The summed E-state index contributed by atoms with van der Waals surface area (Å²) in [6.07, 6.45) is 9.56. The zero-order chi connectivity index (χ0) is 23.1. The van der Waals surface area contributed by atoms with Crippen LogP contribution in [-0.4, -0.2) is 66.4 Å².